The van der Waals surface area contributed by atoms with Gasteiger partial charge in [-0.2, -0.15) is 0 Å². The summed E-state index contributed by atoms with van der Waals surface area (Å²) >= 11 is 0. The van der Waals surface area contributed by atoms with Crippen LogP contribution in [0.4, 0.5) is 0 Å². The van der Waals surface area contributed by atoms with E-state index in [0.29, 0.717) is 25.4 Å². The summed E-state index contributed by atoms with van der Waals surface area (Å²) in [5.74, 6) is 1.40. The van der Waals surface area contributed by atoms with Gasteiger partial charge in [-0.05, 0) is 42.7 Å². The fraction of sp³-hybridized carbons (Fsp3) is 0.300. The minimum atomic E-state index is -0.0871. The molecule has 0 aromatic carbocycles. The number of hydrogen-bond donors (Lipinski definition) is 0. The topological polar surface area (TPSA) is 68.6 Å². The molecule has 0 aliphatic carbocycles. The van der Waals surface area contributed by atoms with Crippen LogP contribution in [0.15, 0.2) is 62.6 Å². The molecule has 2 bridgehead atoms. The second kappa shape index (κ2) is 5.76. The Labute approximate surface area is 149 Å². The summed E-state index contributed by atoms with van der Waals surface area (Å²) in [6.07, 6.45) is 4.12. The standard InChI is InChI=1S/C20H18N2O4/c23-18-6-5-15(16-3-1-7-25-16)19-14-9-13(11-22(18)19)10-21(12-14)20(24)17-4-2-8-26-17/h1-8,13-14H,9-12H2. The average Bonchev–Trinajstić information content (AvgIpc) is 3.35. The van der Waals surface area contributed by atoms with Gasteiger partial charge in [0.2, 0.25) is 0 Å². The van der Waals surface area contributed by atoms with E-state index in [2.05, 4.69) is 0 Å². The van der Waals surface area contributed by atoms with Crippen LogP contribution in [-0.4, -0.2) is 28.5 Å². The Balaban J connectivity index is 1.56. The zero-order valence-electron chi connectivity index (χ0n) is 14.1. The monoisotopic (exact) mass is 350 g/mol. The Morgan fingerprint density at radius 3 is 2.62 bits per heavy atom. The fourth-order valence-corrected chi connectivity index (χ4v) is 4.38. The molecule has 5 heterocycles. The number of piperidine rings is 1. The summed E-state index contributed by atoms with van der Waals surface area (Å²) in [4.78, 5) is 27.0. The van der Waals surface area contributed by atoms with Crippen molar-refractivity contribution in [3.63, 3.8) is 0 Å². The number of carbonyl (C=O) groups excluding carboxylic acids is 1. The van der Waals surface area contributed by atoms with Crippen molar-refractivity contribution in [3.8, 4) is 11.3 Å². The molecule has 0 N–H and O–H groups in total. The van der Waals surface area contributed by atoms with E-state index < -0.39 is 0 Å². The predicted molar refractivity (Wildman–Crippen MR) is 93.9 cm³/mol. The van der Waals surface area contributed by atoms with Crippen LogP contribution in [0.1, 0.15) is 28.6 Å². The van der Waals surface area contributed by atoms with E-state index in [1.807, 2.05) is 27.7 Å². The van der Waals surface area contributed by atoms with Gasteiger partial charge in [-0.1, -0.05) is 0 Å². The Kier molecular flexibility index (Phi) is 3.38. The molecule has 2 unspecified atom stereocenters. The molecule has 5 rings (SSSR count). The number of amides is 1. The lowest BCUT2D eigenvalue weighted by molar-refractivity contribution is 0.0564. The van der Waals surface area contributed by atoms with Crippen molar-refractivity contribution in [2.75, 3.05) is 13.1 Å². The SMILES string of the molecule is O=C(c1ccco1)N1CC2CC(C1)c1c(-c3ccco3)ccc(=O)n1C2. The zero-order chi connectivity index (χ0) is 17.7. The van der Waals surface area contributed by atoms with Crippen molar-refractivity contribution in [2.45, 2.75) is 18.9 Å². The summed E-state index contributed by atoms with van der Waals surface area (Å²) in [6, 6.07) is 10.6. The molecule has 1 amide bonds. The lowest BCUT2D eigenvalue weighted by Crippen LogP contribution is -2.49. The van der Waals surface area contributed by atoms with Gasteiger partial charge in [0, 0.05) is 42.9 Å². The van der Waals surface area contributed by atoms with Crippen molar-refractivity contribution in [1.82, 2.24) is 9.47 Å². The lowest BCUT2D eigenvalue weighted by atomic mass is 9.81. The van der Waals surface area contributed by atoms with E-state index in [9.17, 15) is 9.59 Å². The molecule has 6 nitrogen and oxygen atoms in total. The molecule has 132 valence electrons. The van der Waals surface area contributed by atoms with Gasteiger partial charge in [-0.25, -0.2) is 0 Å². The molecular weight excluding hydrogens is 332 g/mol. The summed E-state index contributed by atoms with van der Waals surface area (Å²) < 4.78 is 12.7. The maximum Gasteiger partial charge on any atom is 0.289 e. The Morgan fingerprint density at radius 1 is 1.00 bits per heavy atom. The van der Waals surface area contributed by atoms with Gasteiger partial charge >= 0.3 is 0 Å². The summed E-state index contributed by atoms with van der Waals surface area (Å²) in [7, 11) is 0. The number of furan rings is 2. The summed E-state index contributed by atoms with van der Waals surface area (Å²) in [5.41, 5.74) is 1.92. The molecule has 3 aromatic rings. The van der Waals surface area contributed by atoms with Crippen LogP contribution in [0.25, 0.3) is 11.3 Å². The highest BCUT2D eigenvalue weighted by atomic mass is 16.3. The van der Waals surface area contributed by atoms with E-state index in [1.165, 1.54) is 6.26 Å². The molecule has 1 saturated heterocycles. The van der Waals surface area contributed by atoms with Gasteiger partial charge in [0.1, 0.15) is 5.76 Å². The molecule has 26 heavy (non-hydrogen) atoms. The molecule has 0 spiro atoms. The largest absolute Gasteiger partial charge is 0.464 e. The predicted octanol–water partition coefficient (Wildman–Crippen LogP) is 2.96. The van der Waals surface area contributed by atoms with Gasteiger partial charge in [0.25, 0.3) is 11.5 Å². The molecular formula is C20H18N2O4. The Bertz CT molecular complexity index is 1000. The lowest BCUT2D eigenvalue weighted by Gasteiger charge is -2.43. The molecule has 1 fully saturated rings. The molecule has 0 saturated carbocycles. The number of fused-ring (bicyclic) bond motifs is 4. The van der Waals surface area contributed by atoms with Crippen LogP contribution in [0, 0.1) is 5.92 Å². The van der Waals surface area contributed by atoms with Crippen molar-refractivity contribution >= 4 is 5.91 Å². The molecule has 6 heteroatoms. The third kappa shape index (κ3) is 2.33. The number of hydrogen-bond acceptors (Lipinski definition) is 4. The minimum Gasteiger partial charge on any atom is -0.464 e. The van der Waals surface area contributed by atoms with E-state index in [-0.39, 0.29) is 23.3 Å². The molecule has 2 atom stereocenters. The smallest absolute Gasteiger partial charge is 0.289 e. The summed E-state index contributed by atoms with van der Waals surface area (Å²) in [6.45, 7) is 1.85. The number of carbonyl (C=O) groups is 1. The molecule has 2 aliphatic rings. The first-order valence-electron chi connectivity index (χ1n) is 8.81. The number of aromatic nitrogens is 1. The van der Waals surface area contributed by atoms with Crippen LogP contribution in [0.3, 0.4) is 0 Å². The quantitative estimate of drug-likeness (QED) is 0.713. The van der Waals surface area contributed by atoms with Crippen LogP contribution in [0.5, 0.6) is 0 Å². The Morgan fingerprint density at radius 2 is 1.85 bits per heavy atom. The van der Waals surface area contributed by atoms with Crippen LogP contribution in [-0.2, 0) is 6.54 Å². The van der Waals surface area contributed by atoms with Gasteiger partial charge < -0.3 is 18.3 Å². The second-order valence-corrected chi connectivity index (χ2v) is 7.04. The van der Waals surface area contributed by atoms with Gasteiger partial charge in [-0.15, -0.1) is 0 Å². The van der Waals surface area contributed by atoms with Crippen molar-refractivity contribution in [3.05, 3.63) is 70.7 Å². The Hall–Kier alpha value is -3.02. The van der Waals surface area contributed by atoms with Crippen LogP contribution >= 0.6 is 0 Å². The third-order valence-corrected chi connectivity index (χ3v) is 5.40. The number of rotatable bonds is 2. The normalized spacial score (nSPS) is 21.5. The number of pyridine rings is 1. The highest BCUT2D eigenvalue weighted by Gasteiger charge is 2.38. The first kappa shape index (κ1) is 15.3. The highest BCUT2D eigenvalue weighted by Crippen LogP contribution is 2.40. The fourth-order valence-electron chi connectivity index (χ4n) is 4.38. The maximum absolute atomic E-state index is 12.7. The molecule has 2 aliphatic heterocycles. The van der Waals surface area contributed by atoms with Gasteiger partial charge in [-0.3, -0.25) is 9.59 Å². The van der Waals surface area contributed by atoms with Crippen LogP contribution < -0.4 is 5.56 Å². The average molecular weight is 350 g/mol. The number of likely N-dealkylation sites (tertiary alicyclic amines) is 1. The molecule has 0 radical (unpaired) electrons. The van der Waals surface area contributed by atoms with E-state index in [4.69, 9.17) is 8.83 Å². The third-order valence-electron chi connectivity index (χ3n) is 5.40. The van der Waals surface area contributed by atoms with Gasteiger partial charge in [0.05, 0.1) is 12.5 Å². The molecule has 3 aromatic heterocycles. The van der Waals surface area contributed by atoms with E-state index in [0.717, 1.165) is 23.4 Å². The van der Waals surface area contributed by atoms with E-state index >= 15 is 0 Å². The van der Waals surface area contributed by atoms with Gasteiger partial charge in [0.15, 0.2) is 5.76 Å². The number of nitrogens with zero attached hydrogens (tertiary/aromatic N) is 2. The first-order valence-corrected chi connectivity index (χ1v) is 8.81. The minimum absolute atomic E-state index is 0.0100. The van der Waals surface area contributed by atoms with Crippen molar-refractivity contribution < 1.29 is 13.6 Å². The second-order valence-electron chi connectivity index (χ2n) is 7.04. The maximum atomic E-state index is 12.7. The van der Waals surface area contributed by atoms with Crippen molar-refractivity contribution in [2.24, 2.45) is 5.92 Å². The summed E-state index contributed by atoms with van der Waals surface area (Å²) in [5, 5.41) is 0. The van der Waals surface area contributed by atoms with E-state index in [1.54, 1.807) is 24.5 Å². The first-order chi connectivity index (χ1) is 12.7. The van der Waals surface area contributed by atoms with Crippen molar-refractivity contribution in [1.29, 1.82) is 0 Å². The highest BCUT2D eigenvalue weighted by molar-refractivity contribution is 5.91. The zero-order valence-corrected chi connectivity index (χ0v) is 14.1. The van der Waals surface area contributed by atoms with Crippen LogP contribution in [0.2, 0.25) is 0 Å².